The molecule has 0 heterocycles. The normalized spacial score (nSPS) is 10.9. The number of methoxy groups -OCH3 is 1. The maximum absolute atomic E-state index is 12.5. The van der Waals surface area contributed by atoms with Crippen molar-refractivity contribution in [2.24, 2.45) is 0 Å². The molecule has 1 amide bonds. The van der Waals surface area contributed by atoms with Crippen LogP contribution in [0.1, 0.15) is 5.56 Å². The highest BCUT2D eigenvalue weighted by molar-refractivity contribution is 7.92. The number of amides is 1. The lowest BCUT2D eigenvalue weighted by Crippen LogP contribution is -2.30. The highest BCUT2D eigenvalue weighted by Gasteiger charge is 2.14. The summed E-state index contributed by atoms with van der Waals surface area (Å²) >= 11 is 5.81. The fraction of sp³-hybridized carbons (Fsp3) is 0.174. The van der Waals surface area contributed by atoms with E-state index in [-0.39, 0.29) is 17.4 Å². The summed E-state index contributed by atoms with van der Waals surface area (Å²) in [5.74, 6) is 0.908. The van der Waals surface area contributed by atoms with E-state index in [9.17, 15) is 13.2 Å². The summed E-state index contributed by atoms with van der Waals surface area (Å²) in [5, 5.41) is 3.30. The van der Waals surface area contributed by atoms with E-state index in [1.165, 1.54) is 24.3 Å². The van der Waals surface area contributed by atoms with Crippen molar-refractivity contribution in [2.45, 2.75) is 11.3 Å². The quantitative estimate of drug-likeness (QED) is 0.465. The molecule has 3 aromatic rings. The Morgan fingerprint density at radius 1 is 0.906 bits per heavy atom. The Kier molecular flexibility index (Phi) is 7.97. The SMILES string of the molecule is COc1ccc(CCNC(=O)COc2ccc(S(=O)(=O)Nc3ccc(Cl)cc3)cc2)cc1. The first-order chi connectivity index (χ1) is 15.4. The van der Waals surface area contributed by atoms with Crippen molar-refractivity contribution in [1.82, 2.24) is 5.32 Å². The summed E-state index contributed by atoms with van der Waals surface area (Å²) in [5.41, 5.74) is 1.48. The number of carbonyl (C=O) groups excluding carboxylic acids is 1. The van der Waals surface area contributed by atoms with Gasteiger partial charge in [-0.15, -0.1) is 0 Å². The van der Waals surface area contributed by atoms with Gasteiger partial charge in [0.1, 0.15) is 11.5 Å². The van der Waals surface area contributed by atoms with Crippen LogP contribution in [-0.2, 0) is 21.2 Å². The molecular weight excluding hydrogens is 452 g/mol. The monoisotopic (exact) mass is 474 g/mol. The second-order valence-corrected chi connectivity index (χ2v) is 8.94. The van der Waals surface area contributed by atoms with E-state index in [0.29, 0.717) is 29.4 Å². The van der Waals surface area contributed by atoms with Crippen LogP contribution in [-0.4, -0.2) is 34.6 Å². The fourth-order valence-electron chi connectivity index (χ4n) is 2.79. The number of carbonyl (C=O) groups is 1. The van der Waals surface area contributed by atoms with Crippen LogP contribution in [0.3, 0.4) is 0 Å². The van der Waals surface area contributed by atoms with Crippen molar-refractivity contribution in [1.29, 1.82) is 0 Å². The first kappa shape index (κ1) is 23.4. The number of hydrogen-bond donors (Lipinski definition) is 2. The van der Waals surface area contributed by atoms with Crippen LogP contribution in [0.5, 0.6) is 11.5 Å². The molecule has 32 heavy (non-hydrogen) atoms. The van der Waals surface area contributed by atoms with Crippen LogP contribution in [0.4, 0.5) is 5.69 Å². The largest absolute Gasteiger partial charge is 0.497 e. The Bertz CT molecular complexity index is 1130. The zero-order valence-corrected chi connectivity index (χ0v) is 18.9. The van der Waals surface area contributed by atoms with Gasteiger partial charge in [-0.05, 0) is 72.6 Å². The number of nitrogens with one attached hydrogen (secondary N) is 2. The van der Waals surface area contributed by atoms with Crippen molar-refractivity contribution in [2.75, 3.05) is 25.0 Å². The van der Waals surface area contributed by atoms with Gasteiger partial charge in [0.2, 0.25) is 0 Å². The van der Waals surface area contributed by atoms with Gasteiger partial charge in [-0.3, -0.25) is 9.52 Å². The van der Waals surface area contributed by atoms with Gasteiger partial charge in [0.25, 0.3) is 15.9 Å². The van der Waals surface area contributed by atoms with E-state index in [4.69, 9.17) is 21.1 Å². The van der Waals surface area contributed by atoms with Crippen LogP contribution < -0.4 is 19.5 Å². The van der Waals surface area contributed by atoms with Gasteiger partial charge in [-0.25, -0.2) is 8.42 Å². The summed E-state index contributed by atoms with van der Waals surface area (Å²) in [6, 6.07) is 19.8. The molecule has 7 nitrogen and oxygen atoms in total. The predicted octanol–water partition coefficient (Wildman–Crippen LogP) is 3.89. The zero-order chi connectivity index (χ0) is 23.0. The molecule has 0 atom stereocenters. The van der Waals surface area contributed by atoms with Gasteiger partial charge in [0.15, 0.2) is 6.61 Å². The minimum Gasteiger partial charge on any atom is -0.497 e. The summed E-state index contributed by atoms with van der Waals surface area (Å²) in [6.45, 7) is 0.305. The molecule has 3 aromatic carbocycles. The molecule has 0 fully saturated rings. The molecule has 9 heteroatoms. The molecule has 0 unspecified atom stereocenters. The number of rotatable bonds is 10. The number of halogens is 1. The Balaban J connectivity index is 1.45. The van der Waals surface area contributed by atoms with E-state index >= 15 is 0 Å². The molecule has 0 spiro atoms. The summed E-state index contributed by atoms with van der Waals surface area (Å²) in [7, 11) is -2.14. The van der Waals surface area contributed by atoms with Crippen LogP contribution in [0.2, 0.25) is 5.02 Å². The zero-order valence-electron chi connectivity index (χ0n) is 17.4. The molecule has 0 bridgehead atoms. The lowest BCUT2D eigenvalue weighted by Gasteiger charge is -2.10. The third kappa shape index (κ3) is 6.90. The summed E-state index contributed by atoms with van der Waals surface area (Å²) in [4.78, 5) is 12.1. The lowest BCUT2D eigenvalue weighted by atomic mass is 10.1. The standard InChI is InChI=1S/C23H23ClN2O5S/c1-30-20-8-2-17(3-9-20)14-15-25-23(27)16-31-21-10-12-22(13-11-21)32(28,29)26-19-6-4-18(24)5-7-19/h2-13,26H,14-16H2,1H3,(H,25,27). The average Bonchev–Trinajstić information content (AvgIpc) is 2.80. The number of benzene rings is 3. The third-order valence-electron chi connectivity index (χ3n) is 4.50. The number of ether oxygens (including phenoxy) is 2. The molecule has 168 valence electrons. The lowest BCUT2D eigenvalue weighted by molar-refractivity contribution is -0.123. The topological polar surface area (TPSA) is 93.7 Å². The van der Waals surface area contributed by atoms with E-state index in [0.717, 1.165) is 11.3 Å². The highest BCUT2D eigenvalue weighted by Crippen LogP contribution is 2.20. The minimum absolute atomic E-state index is 0.0729. The molecule has 2 N–H and O–H groups in total. The van der Waals surface area contributed by atoms with Crippen LogP contribution in [0.15, 0.2) is 77.7 Å². The fourth-order valence-corrected chi connectivity index (χ4v) is 3.97. The summed E-state index contributed by atoms with van der Waals surface area (Å²) < 4.78 is 38.0. The maximum Gasteiger partial charge on any atom is 0.261 e. The van der Waals surface area contributed by atoms with Crippen molar-refractivity contribution in [3.8, 4) is 11.5 Å². The van der Waals surface area contributed by atoms with Gasteiger partial charge >= 0.3 is 0 Å². The molecular formula is C23H23ClN2O5S. The molecule has 0 radical (unpaired) electrons. The van der Waals surface area contributed by atoms with E-state index in [2.05, 4.69) is 10.0 Å². The second kappa shape index (κ2) is 10.9. The molecule has 0 aliphatic rings. The van der Waals surface area contributed by atoms with Gasteiger partial charge < -0.3 is 14.8 Å². The number of hydrogen-bond acceptors (Lipinski definition) is 5. The van der Waals surface area contributed by atoms with Crippen molar-refractivity contribution >= 4 is 33.2 Å². The molecule has 0 saturated heterocycles. The average molecular weight is 475 g/mol. The molecule has 0 aromatic heterocycles. The molecule has 0 aliphatic carbocycles. The minimum atomic E-state index is -3.75. The number of sulfonamides is 1. The Labute approximate surface area is 192 Å². The van der Waals surface area contributed by atoms with Crippen LogP contribution in [0, 0.1) is 0 Å². The summed E-state index contributed by atoms with van der Waals surface area (Å²) in [6.07, 6.45) is 0.683. The Morgan fingerprint density at radius 2 is 1.53 bits per heavy atom. The van der Waals surface area contributed by atoms with E-state index in [1.54, 1.807) is 31.4 Å². The smallest absolute Gasteiger partial charge is 0.261 e. The number of anilines is 1. The predicted molar refractivity (Wildman–Crippen MR) is 124 cm³/mol. The van der Waals surface area contributed by atoms with E-state index in [1.807, 2.05) is 24.3 Å². The van der Waals surface area contributed by atoms with E-state index < -0.39 is 10.0 Å². The van der Waals surface area contributed by atoms with Crippen molar-refractivity contribution in [3.63, 3.8) is 0 Å². The maximum atomic E-state index is 12.5. The molecule has 0 saturated carbocycles. The van der Waals surface area contributed by atoms with Gasteiger partial charge in [0.05, 0.1) is 12.0 Å². The van der Waals surface area contributed by atoms with Crippen LogP contribution >= 0.6 is 11.6 Å². The second-order valence-electron chi connectivity index (χ2n) is 6.82. The molecule has 0 aliphatic heterocycles. The first-order valence-corrected chi connectivity index (χ1v) is 11.6. The van der Waals surface area contributed by atoms with Crippen LogP contribution in [0.25, 0.3) is 0 Å². The van der Waals surface area contributed by atoms with Crippen molar-refractivity contribution < 1.29 is 22.7 Å². The first-order valence-electron chi connectivity index (χ1n) is 9.76. The van der Waals surface area contributed by atoms with Gasteiger partial charge in [-0.1, -0.05) is 23.7 Å². The van der Waals surface area contributed by atoms with Gasteiger partial charge in [0, 0.05) is 17.3 Å². The third-order valence-corrected chi connectivity index (χ3v) is 6.14. The van der Waals surface area contributed by atoms with Crippen molar-refractivity contribution in [3.05, 3.63) is 83.4 Å². The Hall–Kier alpha value is -3.23. The molecule has 3 rings (SSSR count). The Morgan fingerprint density at radius 3 is 2.16 bits per heavy atom. The van der Waals surface area contributed by atoms with Gasteiger partial charge in [-0.2, -0.15) is 0 Å². The highest BCUT2D eigenvalue weighted by atomic mass is 35.5.